The predicted octanol–water partition coefficient (Wildman–Crippen LogP) is 0.564. The van der Waals surface area contributed by atoms with Crippen molar-refractivity contribution in [2.75, 3.05) is 0 Å². The van der Waals surface area contributed by atoms with E-state index in [4.69, 9.17) is 10.2 Å². The van der Waals surface area contributed by atoms with Crippen LogP contribution in [0.15, 0.2) is 24.5 Å². The molecule has 56 valence electrons. The van der Waals surface area contributed by atoms with Crippen LogP contribution in [0.3, 0.4) is 0 Å². The number of aliphatic hydroxyl groups is 2. The summed E-state index contributed by atoms with van der Waals surface area (Å²) in [6, 6.07) is 0. The van der Waals surface area contributed by atoms with E-state index in [1.54, 1.807) is 0 Å². The molecule has 0 saturated carbocycles. The fraction of sp³-hybridized carbons (Fsp3) is 0.286. The highest BCUT2D eigenvalue weighted by Gasteiger charge is 2.10. The third kappa shape index (κ3) is 2.46. The molecular weight excluding hydrogens is 132 g/mol. The van der Waals surface area contributed by atoms with Crippen molar-refractivity contribution in [2.45, 2.75) is 13.0 Å². The molecule has 0 aromatic heterocycles. The van der Waals surface area contributed by atoms with E-state index >= 15 is 0 Å². The maximum atomic E-state index is 10.7. The van der Waals surface area contributed by atoms with E-state index in [2.05, 4.69) is 6.58 Å². The normalized spacial score (nSPS) is 13.4. The largest absolute Gasteiger partial charge is 0.516 e. The second kappa shape index (κ2) is 3.85. The Morgan fingerprint density at radius 2 is 2.20 bits per heavy atom. The summed E-state index contributed by atoms with van der Waals surface area (Å²) in [5, 5.41) is 17.0. The number of hydrogen-bond acceptors (Lipinski definition) is 3. The lowest BCUT2D eigenvalue weighted by Gasteiger charge is -2.01. The van der Waals surface area contributed by atoms with Crippen molar-refractivity contribution in [1.29, 1.82) is 0 Å². The minimum Gasteiger partial charge on any atom is -0.516 e. The van der Waals surface area contributed by atoms with Gasteiger partial charge in [-0.05, 0) is 18.6 Å². The molecule has 0 heterocycles. The Labute approximate surface area is 59.3 Å². The molecule has 3 nitrogen and oxygen atoms in total. The van der Waals surface area contributed by atoms with E-state index in [0.29, 0.717) is 6.26 Å². The zero-order chi connectivity index (χ0) is 8.15. The number of aliphatic hydroxyl groups excluding tert-OH is 2. The van der Waals surface area contributed by atoms with E-state index in [-0.39, 0.29) is 5.57 Å². The first kappa shape index (κ1) is 8.91. The third-order valence-corrected chi connectivity index (χ3v) is 0.958. The molecule has 0 bridgehead atoms. The first-order valence-electron chi connectivity index (χ1n) is 2.78. The van der Waals surface area contributed by atoms with E-state index in [1.165, 1.54) is 6.92 Å². The van der Waals surface area contributed by atoms with Crippen molar-refractivity contribution in [3.8, 4) is 0 Å². The van der Waals surface area contributed by atoms with Crippen molar-refractivity contribution in [2.24, 2.45) is 0 Å². The molecule has 0 aromatic rings. The van der Waals surface area contributed by atoms with Gasteiger partial charge in [-0.15, -0.1) is 0 Å². The van der Waals surface area contributed by atoms with Gasteiger partial charge in [0.15, 0.2) is 5.78 Å². The highest BCUT2D eigenvalue weighted by molar-refractivity contribution is 5.98. The van der Waals surface area contributed by atoms with Crippen LogP contribution in [-0.2, 0) is 4.79 Å². The predicted molar refractivity (Wildman–Crippen MR) is 37.6 cm³/mol. The highest BCUT2D eigenvalue weighted by atomic mass is 16.3. The van der Waals surface area contributed by atoms with Crippen LogP contribution >= 0.6 is 0 Å². The molecule has 0 radical (unpaired) electrons. The Kier molecular flexibility index (Phi) is 3.43. The van der Waals surface area contributed by atoms with Gasteiger partial charge in [0.05, 0.1) is 6.26 Å². The van der Waals surface area contributed by atoms with Gasteiger partial charge in [0, 0.05) is 0 Å². The fourth-order valence-electron chi connectivity index (χ4n) is 0.421. The van der Waals surface area contributed by atoms with Gasteiger partial charge in [0.1, 0.15) is 6.10 Å². The first-order chi connectivity index (χ1) is 4.59. The van der Waals surface area contributed by atoms with Gasteiger partial charge in [0.2, 0.25) is 0 Å². The molecule has 0 saturated heterocycles. The Balaban J connectivity index is 4.08. The fourth-order valence-corrected chi connectivity index (χ4v) is 0.421. The highest BCUT2D eigenvalue weighted by Crippen LogP contribution is 1.96. The molecule has 2 N–H and O–H groups in total. The quantitative estimate of drug-likeness (QED) is 0.447. The zero-order valence-electron chi connectivity index (χ0n) is 5.74. The number of Topliss-reactive ketones (excluding diaryl/α,β-unsaturated/α-hetero) is 1. The van der Waals surface area contributed by atoms with Crippen LogP contribution in [0.5, 0.6) is 0 Å². The van der Waals surface area contributed by atoms with Gasteiger partial charge in [-0.2, -0.15) is 0 Å². The molecule has 0 fully saturated rings. The summed E-state index contributed by atoms with van der Waals surface area (Å²) in [4.78, 5) is 10.7. The summed E-state index contributed by atoms with van der Waals surface area (Å²) in [6.07, 6.45) is 0.352. The van der Waals surface area contributed by atoms with Crippen LogP contribution < -0.4 is 0 Å². The van der Waals surface area contributed by atoms with Crippen LogP contribution in [0.2, 0.25) is 0 Å². The Morgan fingerprint density at radius 1 is 1.70 bits per heavy atom. The maximum absolute atomic E-state index is 10.7. The van der Waals surface area contributed by atoms with Crippen molar-refractivity contribution in [1.82, 2.24) is 0 Å². The molecule has 0 aliphatic heterocycles. The molecule has 10 heavy (non-hydrogen) atoms. The van der Waals surface area contributed by atoms with Gasteiger partial charge in [0.25, 0.3) is 0 Å². The van der Waals surface area contributed by atoms with Gasteiger partial charge in [-0.3, -0.25) is 4.79 Å². The molecular formula is C7H10O3. The molecule has 0 aliphatic carbocycles. The smallest absolute Gasteiger partial charge is 0.190 e. The Bertz CT molecular complexity index is 170. The summed E-state index contributed by atoms with van der Waals surface area (Å²) in [6.45, 7) is 4.83. The average molecular weight is 142 g/mol. The summed E-state index contributed by atoms with van der Waals surface area (Å²) >= 11 is 0. The Hall–Kier alpha value is -1.09. The number of carbonyl (C=O) groups is 1. The van der Waals surface area contributed by atoms with Crippen molar-refractivity contribution in [3.63, 3.8) is 0 Å². The second-order valence-electron chi connectivity index (χ2n) is 1.93. The molecule has 0 spiro atoms. The molecule has 0 aliphatic rings. The number of hydrogen-bond donors (Lipinski definition) is 2. The number of rotatable bonds is 3. The van der Waals surface area contributed by atoms with Crippen molar-refractivity contribution >= 4 is 5.78 Å². The van der Waals surface area contributed by atoms with E-state index in [9.17, 15) is 4.79 Å². The van der Waals surface area contributed by atoms with Gasteiger partial charge in [-0.25, -0.2) is 0 Å². The zero-order valence-corrected chi connectivity index (χ0v) is 5.74. The van der Waals surface area contributed by atoms with Crippen molar-refractivity contribution in [3.05, 3.63) is 24.5 Å². The molecule has 3 heteroatoms. The summed E-state index contributed by atoms with van der Waals surface area (Å²) < 4.78 is 0. The molecule has 1 unspecified atom stereocenters. The summed E-state index contributed by atoms with van der Waals surface area (Å²) in [5.74, 6) is -0.481. The minimum absolute atomic E-state index is 0.269. The van der Waals surface area contributed by atoms with Gasteiger partial charge < -0.3 is 10.2 Å². The monoisotopic (exact) mass is 142 g/mol. The van der Waals surface area contributed by atoms with Gasteiger partial charge in [-0.1, -0.05) is 6.58 Å². The van der Waals surface area contributed by atoms with E-state index in [1.807, 2.05) is 0 Å². The molecule has 0 amide bonds. The minimum atomic E-state index is -1.26. The van der Waals surface area contributed by atoms with Crippen LogP contribution in [-0.4, -0.2) is 22.1 Å². The first-order valence-corrected chi connectivity index (χ1v) is 2.78. The second-order valence-corrected chi connectivity index (χ2v) is 1.93. The number of carbonyl (C=O) groups excluding carboxylic acids is 1. The van der Waals surface area contributed by atoms with Crippen LogP contribution in [0, 0.1) is 0 Å². The topological polar surface area (TPSA) is 57.5 Å². The standard InChI is InChI=1S/C7H10O3/c1-5(2)7(10)6(9)3-4-8/h3-4,6,8-9H,1H2,2H3. The van der Waals surface area contributed by atoms with E-state index < -0.39 is 11.9 Å². The number of ketones is 1. The van der Waals surface area contributed by atoms with Gasteiger partial charge >= 0.3 is 0 Å². The lowest BCUT2D eigenvalue weighted by Crippen LogP contribution is -2.17. The Morgan fingerprint density at radius 3 is 2.50 bits per heavy atom. The lowest BCUT2D eigenvalue weighted by molar-refractivity contribution is -0.121. The summed E-state index contributed by atoms with van der Waals surface area (Å²) in [7, 11) is 0. The van der Waals surface area contributed by atoms with Crippen LogP contribution in [0.4, 0.5) is 0 Å². The summed E-state index contributed by atoms with van der Waals surface area (Å²) in [5.41, 5.74) is 0.269. The molecule has 1 atom stereocenters. The molecule has 0 rings (SSSR count). The average Bonchev–Trinajstić information content (AvgIpc) is 1.87. The van der Waals surface area contributed by atoms with Crippen molar-refractivity contribution < 1.29 is 15.0 Å². The van der Waals surface area contributed by atoms with Crippen LogP contribution in [0.25, 0.3) is 0 Å². The molecule has 0 aromatic carbocycles. The SMILES string of the molecule is C=C(C)C(=O)C(O)C=CO. The lowest BCUT2D eigenvalue weighted by atomic mass is 10.1. The van der Waals surface area contributed by atoms with E-state index in [0.717, 1.165) is 6.08 Å². The third-order valence-electron chi connectivity index (χ3n) is 0.958. The van der Waals surface area contributed by atoms with Crippen LogP contribution in [0.1, 0.15) is 6.92 Å². The maximum Gasteiger partial charge on any atom is 0.190 e.